The molecular weight excluding hydrogens is 212 g/mol. The number of aromatic amines is 1. The normalized spacial score (nSPS) is 11.8. The first-order chi connectivity index (χ1) is 7.11. The summed E-state index contributed by atoms with van der Waals surface area (Å²) in [4.78, 5) is 3.00. The van der Waals surface area contributed by atoms with Gasteiger partial charge in [0.05, 0.1) is 5.75 Å². The Hall–Kier alpha value is -1.49. The second kappa shape index (κ2) is 3.58. The first-order valence-corrected chi connectivity index (χ1v) is 6.34. The van der Waals surface area contributed by atoms with E-state index < -0.39 is 10.0 Å². The summed E-state index contributed by atoms with van der Waals surface area (Å²) < 4.78 is 25.1. The van der Waals surface area contributed by atoms with E-state index in [0.717, 1.165) is 10.9 Å². The standard InChI is InChI=1S/C10H12N2O2S/c1-2-15(13,14)12-10-7-8-5-3-4-6-9(8)11-10/h3-7,11-12H,2H2,1H3. The molecule has 0 saturated carbocycles. The largest absolute Gasteiger partial charge is 0.341 e. The van der Waals surface area contributed by atoms with Crippen molar-refractivity contribution in [3.05, 3.63) is 30.3 Å². The van der Waals surface area contributed by atoms with Gasteiger partial charge in [0, 0.05) is 10.9 Å². The summed E-state index contributed by atoms with van der Waals surface area (Å²) in [5.74, 6) is 0.584. The summed E-state index contributed by atoms with van der Waals surface area (Å²) in [7, 11) is -3.20. The van der Waals surface area contributed by atoms with Gasteiger partial charge in [0.25, 0.3) is 0 Å². The van der Waals surface area contributed by atoms with E-state index in [1.165, 1.54) is 0 Å². The lowest BCUT2D eigenvalue weighted by Crippen LogP contribution is -2.14. The Bertz CT molecular complexity index is 539. The van der Waals surface area contributed by atoms with Gasteiger partial charge in [-0.25, -0.2) is 8.42 Å². The Morgan fingerprint density at radius 3 is 2.73 bits per heavy atom. The zero-order valence-electron chi connectivity index (χ0n) is 8.32. The van der Waals surface area contributed by atoms with Gasteiger partial charge < -0.3 is 4.98 Å². The maximum atomic E-state index is 11.3. The lowest BCUT2D eigenvalue weighted by Gasteiger charge is -2.01. The zero-order chi connectivity index (χ0) is 10.9. The van der Waals surface area contributed by atoms with Crippen LogP contribution in [0.15, 0.2) is 30.3 Å². The van der Waals surface area contributed by atoms with E-state index in [2.05, 4.69) is 9.71 Å². The number of aromatic nitrogens is 1. The van der Waals surface area contributed by atoms with Gasteiger partial charge in [-0.05, 0) is 19.1 Å². The van der Waals surface area contributed by atoms with Crippen molar-refractivity contribution in [3.8, 4) is 0 Å². The number of rotatable bonds is 3. The average Bonchev–Trinajstić information content (AvgIpc) is 2.58. The molecule has 1 heterocycles. The Kier molecular flexibility index (Phi) is 2.40. The second-order valence-corrected chi connectivity index (χ2v) is 5.29. The van der Waals surface area contributed by atoms with E-state index in [0.29, 0.717) is 5.82 Å². The summed E-state index contributed by atoms with van der Waals surface area (Å²) in [6, 6.07) is 9.42. The first kappa shape index (κ1) is 10.0. The van der Waals surface area contributed by atoms with Gasteiger partial charge >= 0.3 is 0 Å². The molecule has 0 amide bonds. The number of sulfonamides is 1. The molecule has 0 spiro atoms. The smallest absolute Gasteiger partial charge is 0.233 e. The Morgan fingerprint density at radius 2 is 2.07 bits per heavy atom. The van der Waals surface area contributed by atoms with Gasteiger partial charge in [0.1, 0.15) is 5.82 Å². The summed E-state index contributed by atoms with van der Waals surface area (Å²) in [6.45, 7) is 1.60. The van der Waals surface area contributed by atoms with E-state index in [9.17, 15) is 8.42 Å². The van der Waals surface area contributed by atoms with Crippen LogP contribution in [0.25, 0.3) is 10.9 Å². The topological polar surface area (TPSA) is 62.0 Å². The number of H-pyrrole nitrogens is 1. The molecule has 15 heavy (non-hydrogen) atoms. The Morgan fingerprint density at radius 1 is 1.33 bits per heavy atom. The van der Waals surface area contributed by atoms with E-state index >= 15 is 0 Å². The molecule has 1 aromatic heterocycles. The van der Waals surface area contributed by atoms with Crippen molar-refractivity contribution in [1.82, 2.24) is 4.98 Å². The van der Waals surface area contributed by atoms with Crippen LogP contribution in [-0.4, -0.2) is 19.2 Å². The van der Waals surface area contributed by atoms with Crippen LogP contribution >= 0.6 is 0 Å². The van der Waals surface area contributed by atoms with Gasteiger partial charge in [0.2, 0.25) is 10.0 Å². The minimum absolute atomic E-state index is 0.0718. The fourth-order valence-electron chi connectivity index (χ4n) is 1.37. The number of anilines is 1. The van der Waals surface area contributed by atoms with Gasteiger partial charge in [-0.3, -0.25) is 4.72 Å². The van der Waals surface area contributed by atoms with Gasteiger partial charge in [-0.2, -0.15) is 0 Å². The Labute approximate surface area is 88.4 Å². The molecule has 0 aliphatic carbocycles. The number of nitrogens with one attached hydrogen (secondary N) is 2. The summed E-state index contributed by atoms with van der Waals surface area (Å²) >= 11 is 0. The van der Waals surface area contributed by atoms with Crippen LogP contribution in [0.1, 0.15) is 6.92 Å². The molecule has 0 saturated heterocycles. The molecular formula is C10H12N2O2S. The number of hydrogen-bond acceptors (Lipinski definition) is 2. The van der Waals surface area contributed by atoms with E-state index in [1.807, 2.05) is 24.3 Å². The molecule has 0 unspecified atom stereocenters. The number of para-hydroxylation sites is 1. The van der Waals surface area contributed by atoms with E-state index in [4.69, 9.17) is 0 Å². The third kappa shape index (κ3) is 2.12. The number of hydrogen-bond donors (Lipinski definition) is 2. The predicted molar refractivity (Wildman–Crippen MR) is 61.4 cm³/mol. The van der Waals surface area contributed by atoms with Crippen LogP contribution in [0.3, 0.4) is 0 Å². The monoisotopic (exact) mass is 224 g/mol. The molecule has 0 radical (unpaired) electrons. The highest BCUT2D eigenvalue weighted by atomic mass is 32.2. The Balaban J connectivity index is 2.38. The molecule has 0 aliphatic heterocycles. The third-order valence-electron chi connectivity index (χ3n) is 2.18. The third-order valence-corrected chi connectivity index (χ3v) is 3.47. The minimum Gasteiger partial charge on any atom is -0.341 e. The number of fused-ring (bicyclic) bond motifs is 1. The molecule has 2 N–H and O–H groups in total. The highest BCUT2D eigenvalue weighted by Crippen LogP contribution is 2.18. The van der Waals surface area contributed by atoms with Crippen molar-refractivity contribution in [2.24, 2.45) is 0 Å². The fourth-order valence-corrected chi connectivity index (χ4v) is 1.96. The molecule has 4 nitrogen and oxygen atoms in total. The predicted octanol–water partition coefficient (Wildman–Crippen LogP) is 1.93. The zero-order valence-corrected chi connectivity index (χ0v) is 9.14. The van der Waals surface area contributed by atoms with Crippen LogP contribution in [0, 0.1) is 0 Å². The van der Waals surface area contributed by atoms with Crippen LogP contribution in [0.4, 0.5) is 5.82 Å². The average molecular weight is 224 g/mol. The van der Waals surface area contributed by atoms with Crippen LogP contribution in [0.2, 0.25) is 0 Å². The van der Waals surface area contributed by atoms with Gasteiger partial charge in [-0.1, -0.05) is 18.2 Å². The van der Waals surface area contributed by atoms with Crippen molar-refractivity contribution < 1.29 is 8.42 Å². The molecule has 5 heteroatoms. The molecule has 80 valence electrons. The lowest BCUT2D eigenvalue weighted by atomic mass is 10.3. The molecule has 0 bridgehead atoms. The van der Waals surface area contributed by atoms with Crippen molar-refractivity contribution in [3.63, 3.8) is 0 Å². The summed E-state index contributed by atoms with van der Waals surface area (Å²) in [5.41, 5.74) is 0.923. The first-order valence-electron chi connectivity index (χ1n) is 4.69. The summed E-state index contributed by atoms with van der Waals surface area (Å²) in [5, 5.41) is 0.992. The number of benzene rings is 1. The molecule has 2 aromatic rings. The molecule has 1 aromatic carbocycles. The fraction of sp³-hybridized carbons (Fsp3) is 0.200. The second-order valence-electron chi connectivity index (χ2n) is 3.28. The highest BCUT2D eigenvalue weighted by molar-refractivity contribution is 7.92. The van der Waals surface area contributed by atoms with Gasteiger partial charge in [-0.15, -0.1) is 0 Å². The van der Waals surface area contributed by atoms with Crippen LogP contribution in [0.5, 0.6) is 0 Å². The van der Waals surface area contributed by atoms with Crippen LogP contribution < -0.4 is 4.72 Å². The SMILES string of the molecule is CCS(=O)(=O)Nc1cc2ccccc2[nH]1. The lowest BCUT2D eigenvalue weighted by molar-refractivity contribution is 0.602. The van der Waals surface area contributed by atoms with E-state index in [-0.39, 0.29) is 5.75 Å². The maximum absolute atomic E-state index is 11.3. The molecule has 0 aliphatic rings. The van der Waals surface area contributed by atoms with Gasteiger partial charge in [0.15, 0.2) is 0 Å². The van der Waals surface area contributed by atoms with Crippen LogP contribution in [-0.2, 0) is 10.0 Å². The molecule has 0 atom stereocenters. The highest BCUT2D eigenvalue weighted by Gasteiger charge is 2.08. The minimum atomic E-state index is -3.20. The van der Waals surface area contributed by atoms with Crippen molar-refractivity contribution >= 4 is 26.7 Å². The maximum Gasteiger partial charge on any atom is 0.233 e. The van der Waals surface area contributed by atoms with E-state index in [1.54, 1.807) is 13.0 Å². The quantitative estimate of drug-likeness (QED) is 0.836. The van der Waals surface area contributed by atoms with Crippen molar-refractivity contribution in [1.29, 1.82) is 0 Å². The summed E-state index contributed by atoms with van der Waals surface area (Å²) in [6.07, 6.45) is 0. The molecule has 2 rings (SSSR count). The van der Waals surface area contributed by atoms with Crippen molar-refractivity contribution in [2.45, 2.75) is 6.92 Å². The van der Waals surface area contributed by atoms with Crippen molar-refractivity contribution in [2.75, 3.05) is 10.5 Å². The molecule has 0 fully saturated rings.